The Morgan fingerprint density at radius 1 is 1.28 bits per heavy atom. The molecule has 1 fully saturated rings. The maximum absolute atomic E-state index is 12.2. The molecule has 1 heterocycles. The van der Waals surface area contributed by atoms with Crippen LogP contribution in [-0.2, 0) is 9.59 Å². The number of nitrogens with two attached hydrogens (primary N) is 1. The summed E-state index contributed by atoms with van der Waals surface area (Å²) in [5.41, 5.74) is 5.12. The van der Waals surface area contributed by atoms with Gasteiger partial charge in [0.05, 0.1) is 5.41 Å². The molecular weight excluding hydrogens is 230 g/mol. The van der Waals surface area contributed by atoms with E-state index in [-0.39, 0.29) is 17.7 Å². The van der Waals surface area contributed by atoms with Crippen molar-refractivity contribution in [3.8, 4) is 0 Å². The van der Waals surface area contributed by atoms with E-state index in [9.17, 15) is 9.59 Å². The Kier molecular flexibility index (Phi) is 4.73. The van der Waals surface area contributed by atoms with Crippen molar-refractivity contribution in [2.75, 3.05) is 33.7 Å². The highest BCUT2D eigenvalue weighted by molar-refractivity contribution is 5.83. The standard InChI is InChI=1S/C13H25N3O2/c1-13(2,9-14)12(18)16-7-5-10(6-8-16)11(17)15(3)4/h10H,5-9,14H2,1-4H3. The SMILES string of the molecule is CN(C)C(=O)C1CCN(C(=O)C(C)(C)CN)CC1. The topological polar surface area (TPSA) is 66.6 Å². The Balaban J connectivity index is 2.54. The fourth-order valence-corrected chi connectivity index (χ4v) is 2.21. The second kappa shape index (κ2) is 5.69. The van der Waals surface area contributed by atoms with Gasteiger partial charge in [-0.05, 0) is 26.7 Å². The molecule has 104 valence electrons. The fourth-order valence-electron chi connectivity index (χ4n) is 2.21. The summed E-state index contributed by atoms with van der Waals surface area (Å²) in [5, 5.41) is 0. The molecule has 1 aliphatic heterocycles. The predicted octanol–water partition coefficient (Wildman–Crippen LogP) is 0.298. The van der Waals surface area contributed by atoms with Crippen LogP contribution in [0.4, 0.5) is 0 Å². The number of carbonyl (C=O) groups is 2. The molecule has 18 heavy (non-hydrogen) atoms. The number of likely N-dealkylation sites (tertiary alicyclic amines) is 1. The predicted molar refractivity (Wildman–Crippen MR) is 70.8 cm³/mol. The van der Waals surface area contributed by atoms with E-state index < -0.39 is 5.41 Å². The number of carbonyl (C=O) groups excluding carboxylic acids is 2. The van der Waals surface area contributed by atoms with E-state index in [2.05, 4.69) is 0 Å². The second-order valence-electron chi connectivity index (χ2n) is 5.89. The van der Waals surface area contributed by atoms with Gasteiger partial charge < -0.3 is 15.5 Å². The zero-order valence-corrected chi connectivity index (χ0v) is 11.9. The molecular formula is C13H25N3O2. The van der Waals surface area contributed by atoms with Gasteiger partial charge in [-0.15, -0.1) is 0 Å². The monoisotopic (exact) mass is 255 g/mol. The lowest BCUT2D eigenvalue weighted by Crippen LogP contribution is -2.49. The van der Waals surface area contributed by atoms with Gasteiger partial charge in [0.2, 0.25) is 11.8 Å². The van der Waals surface area contributed by atoms with Gasteiger partial charge in [0, 0.05) is 39.6 Å². The molecule has 5 heteroatoms. The number of piperidine rings is 1. The molecule has 1 rings (SSSR count). The summed E-state index contributed by atoms with van der Waals surface area (Å²) in [6.45, 7) is 5.40. The van der Waals surface area contributed by atoms with Crippen molar-refractivity contribution in [2.45, 2.75) is 26.7 Å². The highest BCUT2D eigenvalue weighted by atomic mass is 16.2. The first kappa shape index (κ1) is 15.0. The van der Waals surface area contributed by atoms with Crippen LogP contribution in [0.25, 0.3) is 0 Å². The minimum absolute atomic E-state index is 0.0602. The lowest BCUT2D eigenvalue weighted by atomic mass is 9.89. The van der Waals surface area contributed by atoms with E-state index in [1.165, 1.54) is 0 Å². The Morgan fingerprint density at radius 3 is 2.17 bits per heavy atom. The van der Waals surface area contributed by atoms with Gasteiger partial charge in [-0.3, -0.25) is 9.59 Å². The van der Waals surface area contributed by atoms with Gasteiger partial charge in [0.15, 0.2) is 0 Å². The van der Waals surface area contributed by atoms with Crippen LogP contribution in [0, 0.1) is 11.3 Å². The van der Waals surface area contributed by atoms with Crippen LogP contribution in [0.1, 0.15) is 26.7 Å². The average molecular weight is 255 g/mol. The van der Waals surface area contributed by atoms with Crippen molar-refractivity contribution < 1.29 is 9.59 Å². The van der Waals surface area contributed by atoms with Crippen LogP contribution in [0.3, 0.4) is 0 Å². The van der Waals surface area contributed by atoms with Gasteiger partial charge in [-0.1, -0.05) is 0 Å². The summed E-state index contributed by atoms with van der Waals surface area (Å²) >= 11 is 0. The smallest absolute Gasteiger partial charge is 0.229 e. The van der Waals surface area contributed by atoms with E-state index in [0.29, 0.717) is 19.6 Å². The minimum atomic E-state index is -0.502. The quantitative estimate of drug-likeness (QED) is 0.788. The molecule has 0 radical (unpaired) electrons. The fraction of sp³-hybridized carbons (Fsp3) is 0.846. The van der Waals surface area contributed by atoms with Gasteiger partial charge in [0.25, 0.3) is 0 Å². The first-order chi connectivity index (χ1) is 8.29. The van der Waals surface area contributed by atoms with Crippen molar-refractivity contribution in [2.24, 2.45) is 17.1 Å². The largest absolute Gasteiger partial charge is 0.349 e. The molecule has 1 aliphatic rings. The van der Waals surface area contributed by atoms with Crippen molar-refractivity contribution in [1.82, 2.24) is 9.80 Å². The molecule has 0 spiro atoms. The first-order valence-corrected chi connectivity index (χ1v) is 6.50. The number of hydrogen-bond acceptors (Lipinski definition) is 3. The summed E-state index contributed by atoms with van der Waals surface area (Å²) in [7, 11) is 3.55. The molecule has 2 N–H and O–H groups in total. The zero-order chi connectivity index (χ0) is 13.9. The molecule has 0 atom stereocenters. The summed E-state index contributed by atoms with van der Waals surface area (Å²) in [5.74, 6) is 0.325. The third-order valence-corrected chi connectivity index (χ3v) is 3.66. The normalized spacial score (nSPS) is 17.7. The van der Waals surface area contributed by atoms with E-state index in [0.717, 1.165) is 12.8 Å². The Hall–Kier alpha value is -1.10. The van der Waals surface area contributed by atoms with Crippen molar-refractivity contribution in [1.29, 1.82) is 0 Å². The number of amides is 2. The number of nitrogens with zero attached hydrogens (tertiary/aromatic N) is 2. The van der Waals surface area contributed by atoms with Gasteiger partial charge in [0.1, 0.15) is 0 Å². The molecule has 0 aliphatic carbocycles. The lowest BCUT2D eigenvalue weighted by Gasteiger charge is -2.36. The van der Waals surface area contributed by atoms with Crippen LogP contribution < -0.4 is 5.73 Å². The van der Waals surface area contributed by atoms with Gasteiger partial charge in [-0.25, -0.2) is 0 Å². The Morgan fingerprint density at radius 2 is 1.78 bits per heavy atom. The second-order valence-corrected chi connectivity index (χ2v) is 5.89. The van der Waals surface area contributed by atoms with Gasteiger partial charge >= 0.3 is 0 Å². The molecule has 0 aromatic heterocycles. The lowest BCUT2D eigenvalue weighted by molar-refractivity contribution is -0.144. The molecule has 0 saturated carbocycles. The minimum Gasteiger partial charge on any atom is -0.349 e. The molecule has 0 unspecified atom stereocenters. The number of hydrogen-bond donors (Lipinski definition) is 1. The van der Waals surface area contributed by atoms with E-state index >= 15 is 0 Å². The highest BCUT2D eigenvalue weighted by Crippen LogP contribution is 2.24. The van der Waals surface area contributed by atoms with Crippen LogP contribution in [-0.4, -0.2) is 55.3 Å². The molecule has 5 nitrogen and oxygen atoms in total. The van der Waals surface area contributed by atoms with Crippen LogP contribution in [0.5, 0.6) is 0 Å². The van der Waals surface area contributed by atoms with Crippen molar-refractivity contribution >= 4 is 11.8 Å². The highest BCUT2D eigenvalue weighted by Gasteiger charge is 2.34. The van der Waals surface area contributed by atoms with Crippen molar-refractivity contribution in [3.63, 3.8) is 0 Å². The first-order valence-electron chi connectivity index (χ1n) is 6.50. The maximum atomic E-state index is 12.2. The zero-order valence-electron chi connectivity index (χ0n) is 11.9. The van der Waals surface area contributed by atoms with E-state index in [4.69, 9.17) is 5.73 Å². The molecule has 0 bridgehead atoms. The van der Waals surface area contributed by atoms with Crippen molar-refractivity contribution in [3.05, 3.63) is 0 Å². The number of rotatable bonds is 3. The molecule has 0 aromatic carbocycles. The third-order valence-electron chi connectivity index (χ3n) is 3.66. The summed E-state index contributed by atoms with van der Waals surface area (Å²) in [4.78, 5) is 27.5. The van der Waals surface area contributed by atoms with E-state index in [1.54, 1.807) is 19.0 Å². The van der Waals surface area contributed by atoms with Gasteiger partial charge in [-0.2, -0.15) is 0 Å². The van der Waals surface area contributed by atoms with E-state index in [1.807, 2.05) is 18.7 Å². The Labute approximate surface area is 109 Å². The average Bonchev–Trinajstić information content (AvgIpc) is 2.37. The summed E-state index contributed by atoms with van der Waals surface area (Å²) in [6.07, 6.45) is 1.51. The Bertz CT molecular complexity index is 318. The maximum Gasteiger partial charge on any atom is 0.229 e. The molecule has 2 amide bonds. The van der Waals surface area contributed by atoms with Crippen LogP contribution in [0.15, 0.2) is 0 Å². The molecule has 0 aromatic rings. The summed E-state index contributed by atoms with van der Waals surface area (Å²) in [6, 6.07) is 0. The summed E-state index contributed by atoms with van der Waals surface area (Å²) < 4.78 is 0. The molecule has 1 saturated heterocycles. The van der Waals surface area contributed by atoms with Crippen LogP contribution in [0.2, 0.25) is 0 Å². The third kappa shape index (κ3) is 3.22. The van der Waals surface area contributed by atoms with Crippen LogP contribution >= 0.6 is 0 Å².